The van der Waals surface area contributed by atoms with Crippen LogP contribution in [0.3, 0.4) is 0 Å². The summed E-state index contributed by atoms with van der Waals surface area (Å²) in [6.45, 7) is 5.93. The van der Waals surface area contributed by atoms with E-state index < -0.39 is 0 Å². The van der Waals surface area contributed by atoms with Crippen molar-refractivity contribution in [1.29, 1.82) is 0 Å². The van der Waals surface area contributed by atoms with Gasteiger partial charge < -0.3 is 15.0 Å². The van der Waals surface area contributed by atoms with E-state index in [4.69, 9.17) is 4.74 Å². The molecule has 2 heterocycles. The second kappa shape index (κ2) is 7.07. The molecule has 2 aliphatic heterocycles. The Morgan fingerprint density at radius 1 is 1.44 bits per heavy atom. The molecule has 1 N–H and O–H groups in total. The Kier molecular flexibility index (Phi) is 5.41. The van der Waals surface area contributed by atoms with Gasteiger partial charge in [-0.2, -0.15) is 0 Å². The molecule has 0 spiro atoms. The van der Waals surface area contributed by atoms with E-state index in [-0.39, 0.29) is 5.91 Å². The molecule has 2 aliphatic rings. The third-order valence-electron chi connectivity index (χ3n) is 3.73. The van der Waals surface area contributed by atoms with Gasteiger partial charge in [0.25, 0.3) is 0 Å². The van der Waals surface area contributed by atoms with Crippen LogP contribution in [0.4, 0.5) is 0 Å². The lowest BCUT2D eigenvalue weighted by Gasteiger charge is -2.29. The van der Waals surface area contributed by atoms with Crippen molar-refractivity contribution in [2.24, 2.45) is 0 Å². The number of nitrogens with one attached hydrogen (secondary N) is 1. The van der Waals surface area contributed by atoms with E-state index in [0.29, 0.717) is 12.6 Å². The number of ether oxygens (including phenoxy) is 1. The lowest BCUT2D eigenvalue weighted by Crippen LogP contribution is -2.49. The van der Waals surface area contributed by atoms with Gasteiger partial charge in [-0.1, -0.05) is 0 Å². The third kappa shape index (κ3) is 4.23. The molecule has 1 amide bonds. The number of amides is 1. The minimum absolute atomic E-state index is 0.256. The number of rotatable bonds is 5. The molecular weight excluding hydrogens is 230 g/mol. The first-order valence-electron chi connectivity index (χ1n) is 7.04. The van der Waals surface area contributed by atoms with Crippen molar-refractivity contribution in [2.75, 3.05) is 52.9 Å². The number of carbonyl (C=O) groups is 1. The molecule has 5 nitrogen and oxygen atoms in total. The fourth-order valence-corrected chi connectivity index (χ4v) is 2.56. The van der Waals surface area contributed by atoms with Gasteiger partial charge in [0, 0.05) is 39.3 Å². The molecule has 0 aromatic heterocycles. The number of carbonyl (C=O) groups excluding carboxylic acids is 1. The molecule has 18 heavy (non-hydrogen) atoms. The third-order valence-corrected chi connectivity index (χ3v) is 3.73. The van der Waals surface area contributed by atoms with Gasteiger partial charge >= 0.3 is 0 Å². The highest BCUT2D eigenvalue weighted by molar-refractivity contribution is 5.78. The number of piperazine rings is 1. The van der Waals surface area contributed by atoms with Crippen LogP contribution in [0.1, 0.15) is 19.3 Å². The van der Waals surface area contributed by atoms with Crippen LogP contribution in [-0.2, 0) is 9.53 Å². The van der Waals surface area contributed by atoms with E-state index in [1.165, 1.54) is 12.8 Å². The van der Waals surface area contributed by atoms with Crippen molar-refractivity contribution in [3.05, 3.63) is 0 Å². The van der Waals surface area contributed by atoms with Gasteiger partial charge in [-0.15, -0.1) is 0 Å². The van der Waals surface area contributed by atoms with Crippen LogP contribution in [0.25, 0.3) is 0 Å². The summed E-state index contributed by atoms with van der Waals surface area (Å²) in [6, 6.07) is 0. The Bertz CT molecular complexity index is 261. The maximum absolute atomic E-state index is 12.0. The van der Waals surface area contributed by atoms with Crippen molar-refractivity contribution >= 4 is 5.91 Å². The monoisotopic (exact) mass is 255 g/mol. The number of hydrogen-bond acceptors (Lipinski definition) is 4. The summed E-state index contributed by atoms with van der Waals surface area (Å²) >= 11 is 0. The molecule has 2 rings (SSSR count). The van der Waals surface area contributed by atoms with Crippen LogP contribution < -0.4 is 5.32 Å². The molecule has 0 aromatic carbocycles. The van der Waals surface area contributed by atoms with E-state index in [1.807, 2.05) is 11.9 Å². The van der Waals surface area contributed by atoms with Crippen LogP contribution in [0.5, 0.6) is 0 Å². The van der Waals surface area contributed by atoms with Gasteiger partial charge in [-0.25, -0.2) is 0 Å². The summed E-state index contributed by atoms with van der Waals surface area (Å²) in [5, 5.41) is 3.26. The van der Waals surface area contributed by atoms with Crippen LogP contribution >= 0.6 is 0 Å². The average Bonchev–Trinajstić information content (AvgIpc) is 2.90. The van der Waals surface area contributed by atoms with E-state index in [0.717, 1.165) is 45.8 Å². The summed E-state index contributed by atoms with van der Waals surface area (Å²) < 4.78 is 5.59. The Hall–Kier alpha value is -0.650. The normalized spacial score (nSPS) is 24.8. The van der Waals surface area contributed by atoms with Gasteiger partial charge in [-0.05, 0) is 26.3 Å². The van der Waals surface area contributed by atoms with Crippen molar-refractivity contribution in [3.63, 3.8) is 0 Å². The Balaban J connectivity index is 1.62. The first-order valence-corrected chi connectivity index (χ1v) is 7.04. The summed E-state index contributed by atoms with van der Waals surface area (Å²) in [5.41, 5.74) is 0. The highest BCUT2D eigenvalue weighted by Crippen LogP contribution is 2.15. The molecular formula is C13H25N3O2. The van der Waals surface area contributed by atoms with Gasteiger partial charge in [0.1, 0.15) is 0 Å². The quantitative estimate of drug-likeness (QED) is 0.746. The molecule has 0 aromatic rings. The fourth-order valence-electron chi connectivity index (χ4n) is 2.56. The second-order valence-corrected chi connectivity index (χ2v) is 5.29. The highest BCUT2D eigenvalue weighted by atomic mass is 16.5. The van der Waals surface area contributed by atoms with E-state index in [9.17, 15) is 4.79 Å². The standard InChI is InChI=1S/C13H25N3O2/c1-15(7-4-12-3-2-10-18-12)11-13(17)16-8-5-14-6-9-16/h12,14H,2-11H2,1H3. The lowest BCUT2D eigenvalue weighted by atomic mass is 10.2. The Morgan fingerprint density at radius 3 is 2.89 bits per heavy atom. The molecule has 104 valence electrons. The van der Waals surface area contributed by atoms with Crippen molar-refractivity contribution < 1.29 is 9.53 Å². The highest BCUT2D eigenvalue weighted by Gasteiger charge is 2.19. The molecule has 0 bridgehead atoms. The van der Waals surface area contributed by atoms with Crippen LogP contribution in [0, 0.1) is 0 Å². The summed E-state index contributed by atoms with van der Waals surface area (Å²) in [5.74, 6) is 0.256. The molecule has 0 radical (unpaired) electrons. The number of hydrogen-bond donors (Lipinski definition) is 1. The van der Waals surface area contributed by atoms with Gasteiger partial charge in [0.05, 0.1) is 12.6 Å². The summed E-state index contributed by atoms with van der Waals surface area (Å²) in [7, 11) is 2.02. The summed E-state index contributed by atoms with van der Waals surface area (Å²) in [6.07, 6.45) is 3.83. The maximum Gasteiger partial charge on any atom is 0.236 e. The lowest BCUT2D eigenvalue weighted by molar-refractivity contribution is -0.132. The zero-order valence-electron chi connectivity index (χ0n) is 11.4. The molecule has 1 atom stereocenters. The molecule has 2 saturated heterocycles. The first-order chi connectivity index (χ1) is 8.75. The van der Waals surface area contributed by atoms with Crippen LogP contribution in [0.15, 0.2) is 0 Å². The smallest absolute Gasteiger partial charge is 0.236 e. The van der Waals surface area contributed by atoms with E-state index >= 15 is 0 Å². The number of nitrogens with zero attached hydrogens (tertiary/aromatic N) is 2. The molecule has 0 aliphatic carbocycles. The fraction of sp³-hybridized carbons (Fsp3) is 0.923. The minimum Gasteiger partial charge on any atom is -0.378 e. The van der Waals surface area contributed by atoms with Crippen molar-refractivity contribution in [2.45, 2.75) is 25.4 Å². The van der Waals surface area contributed by atoms with Crippen molar-refractivity contribution in [3.8, 4) is 0 Å². The average molecular weight is 255 g/mol. The zero-order valence-corrected chi connectivity index (χ0v) is 11.4. The van der Waals surface area contributed by atoms with E-state index in [2.05, 4.69) is 10.2 Å². The minimum atomic E-state index is 0.256. The largest absolute Gasteiger partial charge is 0.378 e. The maximum atomic E-state index is 12.0. The predicted octanol–water partition coefficient (Wildman–Crippen LogP) is -0.0809. The second-order valence-electron chi connectivity index (χ2n) is 5.29. The molecule has 1 unspecified atom stereocenters. The summed E-state index contributed by atoms with van der Waals surface area (Å²) in [4.78, 5) is 16.1. The predicted molar refractivity (Wildman–Crippen MR) is 70.5 cm³/mol. The van der Waals surface area contributed by atoms with Crippen molar-refractivity contribution in [1.82, 2.24) is 15.1 Å². The Labute approximate surface area is 109 Å². The topological polar surface area (TPSA) is 44.8 Å². The Morgan fingerprint density at radius 2 is 2.22 bits per heavy atom. The molecule has 2 fully saturated rings. The van der Waals surface area contributed by atoms with Crippen LogP contribution in [0.2, 0.25) is 0 Å². The van der Waals surface area contributed by atoms with Gasteiger partial charge in [0.15, 0.2) is 0 Å². The SMILES string of the molecule is CN(CCC1CCCO1)CC(=O)N1CCNCC1. The first kappa shape index (κ1) is 13.8. The van der Waals surface area contributed by atoms with Gasteiger partial charge in [-0.3, -0.25) is 9.69 Å². The van der Waals surface area contributed by atoms with Crippen LogP contribution in [-0.4, -0.2) is 74.7 Å². The van der Waals surface area contributed by atoms with E-state index in [1.54, 1.807) is 0 Å². The number of likely N-dealkylation sites (N-methyl/N-ethyl adjacent to an activating group) is 1. The molecule has 5 heteroatoms. The zero-order chi connectivity index (χ0) is 12.8. The van der Waals surface area contributed by atoms with Gasteiger partial charge in [0.2, 0.25) is 5.91 Å². The molecule has 0 saturated carbocycles.